The van der Waals surface area contributed by atoms with E-state index in [2.05, 4.69) is 65.8 Å². The van der Waals surface area contributed by atoms with E-state index in [9.17, 15) is 28.8 Å². The number of hydrogen-bond acceptors (Lipinski definition) is 21. The van der Waals surface area contributed by atoms with Crippen LogP contribution in [0.25, 0.3) is 98.8 Å². The minimum atomic E-state index is -0.329. The Morgan fingerprint density at radius 1 is 0.435 bits per heavy atom. The van der Waals surface area contributed by atoms with E-state index in [0.29, 0.717) is 157 Å². The molecule has 0 radical (unpaired) electrons. The average molecular weight is 1740 g/mol. The second kappa shape index (κ2) is 31.2. The highest BCUT2D eigenvalue weighted by Crippen LogP contribution is 2.54. The van der Waals surface area contributed by atoms with E-state index in [4.69, 9.17) is 19.2 Å². The first-order valence-corrected chi connectivity index (χ1v) is 44.7. The number of piperazine rings is 3. The number of carbonyl (C=O) groups excluding carboxylic acids is 3. The normalized spacial score (nSPS) is 20.5. The van der Waals surface area contributed by atoms with Crippen LogP contribution in [-0.2, 0) is 69.4 Å². The van der Waals surface area contributed by atoms with Gasteiger partial charge in [-0.2, -0.15) is 30.2 Å². The number of aryl methyl sites for hydroxylation is 6. The van der Waals surface area contributed by atoms with E-state index in [1.807, 2.05) is 91.5 Å². The van der Waals surface area contributed by atoms with E-state index in [-0.39, 0.29) is 92.7 Å². The fraction of sp³-hybridized carbons (Fsp3) is 0.407. The lowest BCUT2D eigenvalue weighted by molar-refractivity contribution is -0.131. The van der Waals surface area contributed by atoms with Crippen molar-refractivity contribution >= 4 is 136 Å². The second-order valence-corrected chi connectivity index (χ2v) is 38.1. The fourth-order valence-electron chi connectivity index (χ4n) is 20.2. The van der Waals surface area contributed by atoms with Crippen LogP contribution in [0.15, 0.2) is 140 Å². The molecule has 6 aromatic heterocycles. The van der Waals surface area contributed by atoms with Gasteiger partial charge in [-0.1, -0.05) is 19.7 Å². The molecule has 12 aromatic rings. The van der Waals surface area contributed by atoms with Gasteiger partial charge in [0.25, 0.3) is 0 Å². The van der Waals surface area contributed by atoms with Crippen molar-refractivity contribution in [1.29, 1.82) is 0 Å². The van der Waals surface area contributed by atoms with Crippen LogP contribution < -0.4 is 31.8 Å². The number of rotatable bonds is 9. The molecule has 9 aliphatic heterocycles. The zero-order valence-corrected chi connectivity index (χ0v) is 73.3. The number of halogens is 3. The molecule has 642 valence electrons. The van der Waals surface area contributed by atoms with Crippen LogP contribution >= 0.6 is 35.3 Å². The zero-order chi connectivity index (χ0) is 86.8. The summed E-state index contributed by atoms with van der Waals surface area (Å²) in [5, 5.41) is 18.4. The Balaban J connectivity index is 0.000000122. The Morgan fingerprint density at radius 2 is 0.790 bits per heavy atom. The monoisotopic (exact) mass is 1740 g/mol. The van der Waals surface area contributed by atoms with E-state index >= 15 is 13.2 Å². The van der Waals surface area contributed by atoms with Gasteiger partial charge in [-0.15, -0.1) is 35.3 Å². The van der Waals surface area contributed by atoms with E-state index < -0.39 is 0 Å². The molecule has 0 unspecified atom stereocenters. The molecule has 27 nitrogen and oxygen atoms in total. The number of anilines is 3. The summed E-state index contributed by atoms with van der Waals surface area (Å²) in [6, 6.07) is 15.5. The molecule has 3 spiro atoms. The number of fused-ring (bicyclic) bond motifs is 3. The largest absolute Gasteiger partial charge is 0.380 e. The molecule has 9 aliphatic rings. The maximum absolute atomic E-state index is 15.9. The van der Waals surface area contributed by atoms with Crippen molar-refractivity contribution in [2.24, 2.45) is 37.4 Å². The molecule has 124 heavy (non-hydrogen) atoms. The number of benzene rings is 6. The topological polar surface area (TPSA) is 256 Å². The molecule has 15 heterocycles. The second-order valence-electron chi connectivity index (χ2n) is 35.1. The van der Waals surface area contributed by atoms with Gasteiger partial charge in [-0.25, -0.2) is 27.6 Å². The van der Waals surface area contributed by atoms with Gasteiger partial charge in [0.05, 0.1) is 91.3 Å². The molecule has 4 atom stereocenters. The fourth-order valence-corrected chi connectivity index (χ4v) is 24.6. The smallest absolute Gasteiger partial charge is 0.350 e. The predicted octanol–water partition coefficient (Wildman–Crippen LogP) is 11.6. The molecule has 6 saturated heterocycles. The predicted molar refractivity (Wildman–Crippen MR) is 478 cm³/mol. The molecular weight excluding hydrogens is 1640 g/mol. The maximum Gasteiger partial charge on any atom is 0.350 e. The van der Waals surface area contributed by atoms with E-state index in [0.717, 1.165) is 120 Å². The maximum atomic E-state index is 15.9. The van der Waals surface area contributed by atoms with Gasteiger partial charge in [0.2, 0.25) is 17.7 Å². The first-order chi connectivity index (χ1) is 59.5. The van der Waals surface area contributed by atoms with Gasteiger partial charge in [0.1, 0.15) is 34.9 Å². The summed E-state index contributed by atoms with van der Waals surface area (Å²) in [7, 11) is 5.47. The highest BCUT2D eigenvalue weighted by atomic mass is 32.2. The Kier molecular flexibility index (Phi) is 20.8. The lowest BCUT2D eigenvalue weighted by Gasteiger charge is -2.44. The lowest BCUT2D eigenvalue weighted by Crippen LogP contribution is -2.58. The first kappa shape index (κ1) is 82.5. The quantitative estimate of drug-likeness (QED) is 0.122. The summed E-state index contributed by atoms with van der Waals surface area (Å²) in [5.41, 5.74) is 9.48. The minimum Gasteiger partial charge on any atom is -0.380 e. The summed E-state index contributed by atoms with van der Waals surface area (Å²) < 4.78 is 74.9. The Morgan fingerprint density at radius 3 is 1.15 bits per heavy atom. The van der Waals surface area contributed by atoms with E-state index in [1.165, 1.54) is 36.4 Å². The Hall–Kier alpha value is -11.1. The molecular formula is C91H95F3N18O9S3. The van der Waals surface area contributed by atoms with Crippen molar-refractivity contribution in [1.82, 2.24) is 72.7 Å². The molecule has 0 bridgehead atoms. The zero-order valence-electron chi connectivity index (χ0n) is 70.8. The number of aromatic nitrogens is 12. The lowest BCUT2D eigenvalue weighted by atomic mass is 9.88. The standard InChI is InChI=1S/2C31H33FN6O3S.C29H29FN6O3S/c1-6-23(39)36-11-19(4)37(12-18(36)3)29-21-9-17(2)24(25-22(32)8-7-20-10-33-35(5)26(20)25)28-27(21)38(30(40)34-29)13-31(16-42-28)14-41-15-31;1-6-23(39)38-18(3)11-36(12-19(38)4)29-21-9-17(2)24(25-22(32)8-7-20-10-33-35(5)26(20)25)28-27(21)37(30(40)34-29)13-31(16-42-28)14-41-15-31;1-4-21(37)34-7-9-35(10-8-34)27-19-11-17(2)22(23-20(30)6-5-18-12-31-33(3)24(18)23)26-25(19)36(28(38)32-27)13-29(16-40-26)14-39-15-29/h2*6-10,18-19H,1,11-16H2,2-5H3;4-6,11-12H,1,7-10,13-16H2,2-3H3/t2*18-,19+;/m1../s1. The number of hydrogen-bond donors (Lipinski definition) is 0. The third-order valence-electron chi connectivity index (χ3n) is 26.4. The van der Waals surface area contributed by atoms with Crippen molar-refractivity contribution in [3.63, 3.8) is 0 Å². The first-order valence-electron chi connectivity index (χ1n) is 41.8. The van der Waals surface area contributed by atoms with Crippen LogP contribution in [0, 0.1) is 54.5 Å². The molecule has 6 fully saturated rings. The van der Waals surface area contributed by atoms with Crippen LogP contribution in [-0.4, -0.2) is 224 Å². The molecule has 0 saturated carbocycles. The molecule has 6 aromatic carbocycles. The van der Waals surface area contributed by atoms with Crippen LogP contribution in [0.2, 0.25) is 0 Å². The number of carbonyl (C=O) groups is 3. The number of amides is 3. The average Bonchev–Trinajstić information content (AvgIpc) is 1.55. The summed E-state index contributed by atoms with van der Waals surface area (Å²) in [6.07, 6.45) is 9.27. The third kappa shape index (κ3) is 13.4. The Labute approximate surface area is 724 Å². The van der Waals surface area contributed by atoms with Crippen LogP contribution in [0.4, 0.5) is 30.6 Å². The third-order valence-corrected chi connectivity index (χ3v) is 30.7. The molecule has 21 rings (SSSR count). The molecule has 33 heteroatoms. The number of nitrogens with zero attached hydrogens (tertiary/aromatic N) is 18. The summed E-state index contributed by atoms with van der Waals surface area (Å²) >= 11 is 5.02. The molecule has 0 aliphatic carbocycles. The number of ether oxygens (including phenoxy) is 3. The molecule has 0 N–H and O–H groups in total. The van der Waals surface area contributed by atoms with Crippen LogP contribution in [0.1, 0.15) is 44.4 Å². The van der Waals surface area contributed by atoms with Gasteiger partial charge in [0, 0.05) is 231 Å². The summed E-state index contributed by atoms with van der Waals surface area (Å²) in [4.78, 5) is 107. The molecule has 3 amide bonds. The van der Waals surface area contributed by atoms with Crippen molar-refractivity contribution in [2.45, 2.75) is 107 Å². The van der Waals surface area contributed by atoms with Gasteiger partial charge < -0.3 is 43.6 Å². The van der Waals surface area contributed by atoms with Crippen LogP contribution in [0.3, 0.4) is 0 Å². The Bertz CT molecular complexity index is 6760. The summed E-state index contributed by atoms with van der Waals surface area (Å²) in [6.45, 7) is 34.1. The van der Waals surface area contributed by atoms with E-state index in [1.54, 1.807) is 105 Å². The minimum absolute atomic E-state index is 0.0794. The van der Waals surface area contributed by atoms with Crippen LogP contribution in [0.5, 0.6) is 0 Å². The van der Waals surface area contributed by atoms with Crippen molar-refractivity contribution < 1.29 is 41.8 Å². The van der Waals surface area contributed by atoms with Crippen molar-refractivity contribution in [3.8, 4) is 33.4 Å². The highest BCUT2D eigenvalue weighted by Gasteiger charge is 2.48. The number of thioether (sulfide) groups is 3. The van der Waals surface area contributed by atoms with Gasteiger partial charge in [-0.05, 0) is 138 Å². The highest BCUT2D eigenvalue weighted by molar-refractivity contribution is 8.00. The van der Waals surface area contributed by atoms with Crippen molar-refractivity contribution in [3.05, 3.63) is 177 Å². The SMILES string of the molecule is C=CC(=O)N1CCN(c2nc(=O)n3c4c(c(-c5c(F)ccc6cnn(C)c56)c(C)cc24)SCC2(COC2)C3)CC1.C=CC(=O)N1C[C@H](C)N(c2nc(=O)n3c4c(c(-c5c(F)ccc6cnn(C)c56)c(C)cc24)SCC2(COC2)C3)C[C@H]1C.C=CC(=O)N1[C@H](C)CN(c2nc(=O)n3c4c(c(-c5c(F)ccc6cnn(C)c56)c(C)cc24)SCC2(COC2)C3)C[C@@H]1C. The van der Waals surface area contributed by atoms with Gasteiger partial charge in [-0.3, -0.25) is 42.1 Å². The van der Waals surface area contributed by atoms with Crippen molar-refractivity contribution in [2.75, 3.05) is 124 Å². The summed E-state index contributed by atoms with van der Waals surface area (Å²) in [5.74, 6) is 2.76. The van der Waals surface area contributed by atoms with Gasteiger partial charge in [0.15, 0.2) is 0 Å². The van der Waals surface area contributed by atoms with Gasteiger partial charge >= 0.3 is 17.1 Å².